The van der Waals surface area contributed by atoms with E-state index < -0.39 is 17.3 Å². The Morgan fingerprint density at radius 3 is 2.50 bits per heavy atom. The number of nitrogens with two attached hydrogens (primary N) is 1. The molecule has 1 aliphatic rings. The minimum absolute atomic E-state index is 0.123. The van der Waals surface area contributed by atoms with E-state index in [-0.39, 0.29) is 18.2 Å². The van der Waals surface area contributed by atoms with E-state index in [1.165, 1.54) is 4.90 Å². The molecule has 0 unspecified atom stereocenters. The van der Waals surface area contributed by atoms with E-state index >= 15 is 0 Å². The van der Waals surface area contributed by atoms with Crippen LogP contribution in [0.1, 0.15) is 31.2 Å². The van der Waals surface area contributed by atoms with Crippen molar-refractivity contribution in [2.75, 3.05) is 24.2 Å². The molecule has 0 saturated heterocycles. The molecule has 0 amide bonds. The lowest BCUT2D eigenvalue weighted by atomic mass is 10.0. The van der Waals surface area contributed by atoms with Crippen LogP contribution in [-0.2, 0) is 6.18 Å². The molecule has 0 aromatic carbocycles. The molecule has 1 saturated carbocycles. The van der Waals surface area contributed by atoms with Gasteiger partial charge in [0.15, 0.2) is 0 Å². The van der Waals surface area contributed by atoms with Crippen molar-refractivity contribution in [2.24, 2.45) is 0 Å². The second-order valence-electron chi connectivity index (χ2n) is 5.42. The monoisotopic (exact) mass is 289 g/mol. The fraction of sp³-hybridized carbons (Fsp3) is 0.615. The largest absolute Gasteiger partial charge is 0.416 e. The molecule has 7 heteroatoms. The number of nitrogens with zero attached hydrogens (tertiary/aromatic N) is 2. The summed E-state index contributed by atoms with van der Waals surface area (Å²) in [5.41, 5.74) is 3.76. The highest BCUT2D eigenvalue weighted by Crippen LogP contribution is 2.34. The summed E-state index contributed by atoms with van der Waals surface area (Å²) < 4.78 is 38.2. The van der Waals surface area contributed by atoms with Crippen LogP contribution in [0, 0.1) is 0 Å². The van der Waals surface area contributed by atoms with Gasteiger partial charge >= 0.3 is 6.18 Å². The molecule has 1 heterocycles. The second-order valence-corrected chi connectivity index (χ2v) is 5.42. The number of hydrogen-bond donors (Lipinski definition) is 2. The number of halogens is 3. The van der Waals surface area contributed by atoms with E-state index in [1.807, 2.05) is 0 Å². The van der Waals surface area contributed by atoms with Crippen LogP contribution in [-0.4, -0.2) is 29.3 Å². The Bertz CT molecular complexity index is 484. The molecule has 2 rings (SSSR count). The number of likely N-dealkylation sites (N-methyl/N-ethyl adjacent to an activating group) is 1. The molecule has 112 valence electrons. The minimum atomic E-state index is -4.46. The molecule has 20 heavy (non-hydrogen) atoms. The number of alkyl halides is 3. The van der Waals surface area contributed by atoms with Crippen molar-refractivity contribution < 1.29 is 18.3 Å². The van der Waals surface area contributed by atoms with E-state index in [2.05, 4.69) is 4.98 Å². The summed E-state index contributed by atoms with van der Waals surface area (Å²) in [6, 6.07) is 1.76. The lowest BCUT2D eigenvalue weighted by Gasteiger charge is -2.29. The lowest BCUT2D eigenvalue weighted by molar-refractivity contribution is -0.137. The van der Waals surface area contributed by atoms with Crippen LogP contribution in [0.3, 0.4) is 0 Å². The fourth-order valence-electron chi connectivity index (χ4n) is 2.61. The molecule has 0 radical (unpaired) electrons. The van der Waals surface area contributed by atoms with Crippen LogP contribution >= 0.6 is 0 Å². The summed E-state index contributed by atoms with van der Waals surface area (Å²) in [5, 5.41) is 10.3. The Labute approximate surface area is 115 Å². The number of aliphatic hydroxyl groups is 1. The number of pyridine rings is 1. The van der Waals surface area contributed by atoms with Gasteiger partial charge in [-0.05, 0) is 25.0 Å². The summed E-state index contributed by atoms with van der Waals surface area (Å²) in [4.78, 5) is 5.44. The van der Waals surface area contributed by atoms with Crippen molar-refractivity contribution in [3.8, 4) is 0 Å². The molecular formula is C13H18F3N3O. The minimum Gasteiger partial charge on any atom is -0.388 e. The first-order valence-corrected chi connectivity index (χ1v) is 6.48. The van der Waals surface area contributed by atoms with Crippen LogP contribution in [0.25, 0.3) is 0 Å². The summed E-state index contributed by atoms with van der Waals surface area (Å²) >= 11 is 0. The van der Waals surface area contributed by atoms with Gasteiger partial charge < -0.3 is 15.7 Å². The van der Waals surface area contributed by atoms with E-state index in [9.17, 15) is 18.3 Å². The number of anilines is 2. The molecule has 0 atom stereocenters. The van der Waals surface area contributed by atoms with Crippen LogP contribution < -0.4 is 10.6 Å². The standard InChI is InChI=1S/C13H18F3N3O/c1-19(8-12(20)4-2-3-5-12)11-7-9(13(14,15)16)6-10(17)18-11/h6-7,20H,2-5,8H2,1H3,(H2,17,18). The normalized spacial score (nSPS) is 18.2. The fourth-order valence-corrected chi connectivity index (χ4v) is 2.61. The van der Waals surface area contributed by atoms with E-state index in [0.717, 1.165) is 25.0 Å². The first-order chi connectivity index (χ1) is 9.20. The van der Waals surface area contributed by atoms with Gasteiger partial charge in [-0.25, -0.2) is 4.98 Å². The van der Waals surface area contributed by atoms with Crippen molar-refractivity contribution >= 4 is 11.6 Å². The topological polar surface area (TPSA) is 62.4 Å². The van der Waals surface area contributed by atoms with Gasteiger partial charge in [0, 0.05) is 13.6 Å². The molecule has 0 spiro atoms. The Balaban J connectivity index is 2.21. The zero-order valence-electron chi connectivity index (χ0n) is 11.2. The van der Waals surface area contributed by atoms with Crippen LogP contribution in [0.2, 0.25) is 0 Å². The molecule has 0 aliphatic heterocycles. The van der Waals surface area contributed by atoms with Gasteiger partial charge in [0.2, 0.25) is 0 Å². The summed E-state index contributed by atoms with van der Waals surface area (Å²) in [6.45, 7) is 0.251. The highest BCUT2D eigenvalue weighted by molar-refractivity contribution is 5.49. The maximum absolute atomic E-state index is 12.7. The van der Waals surface area contributed by atoms with Gasteiger partial charge in [0.05, 0.1) is 11.2 Å². The third-order valence-electron chi connectivity index (χ3n) is 3.62. The lowest BCUT2D eigenvalue weighted by Crippen LogP contribution is -2.39. The van der Waals surface area contributed by atoms with Gasteiger partial charge in [0.25, 0.3) is 0 Å². The third kappa shape index (κ3) is 3.33. The number of aromatic nitrogens is 1. The van der Waals surface area contributed by atoms with Gasteiger partial charge in [-0.15, -0.1) is 0 Å². The zero-order chi connectivity index (χ0) is 15.0. The van der Waals surface area contributed by atoms with Crippen molar-refractivity contribution in [1.82, 2.24) is 4.98 Å². The van der Waals surface area contributed by atoms with Crippen LogP contribution in [0.4, 0.5) is 24.8 Å². The first kappa shape index (κ1) is 14.9. The first-order valence-electron chi connectivity index (χ1n) is 6.48. The number of nitrogen functional groups attached to an aromatic ring is 1. The average Bonchev–Trinajstić information content (AvgIpc) is 2.73. The van der Waals surface area contributed by atoms with Crippen LogP contribution in [0.15, 0.2) is 12.1 Å². The molecule has 1 aliphatic carbocycles. The molecule has 3 N–H and O–H groups in total. The molecule has 4 nitrogen and oxygen atoms in total. The smallest absolute Gasteiger partial charge is 0.388 e. The van der Waals surface area contributed by atoms with Crippen molar-refractivity contribution in [3.05, 3.63) is 17.7 Å². The number of hydrogen-bond acceptors (Lipinski definition) is 4. The van der Waals surface area contributed by atoms with Gasteiger partial charge in [0.1, 0.15) is 11.6 Å². The third-order valence-corrected chi connectivity index (χ3v) is 3.62. The molecule has 0 bridgehead atoms. The maximum Gasteiger partial charge on any atom is 0.416 e. The van der Waals surface area contributed by atoms with Crippen molar-refractivity contribution in [3.63, 3.8) is 0 Å². The Hall–Kier alpha value is -1.50. The second kappa shape index (κ2) is 5.12. The summed E-state index contributed by atoms with van der Waals surface area (Å²) in [6.07, 6.45) is -1.28. The Kier molecular flexibility index (Phi) is 3.82. The Morgan fingerprint density at radius 2 is 1.95 bits per heavy atom. The zero-order valence-corrected chi connectivity index (χ0v) is 11.2. The van der Waals surface area contributed by atoms with Crippen molar-refractivity contribution in [1.29, 1.82) is 0 Å². The highest BCUT2D eigenvalue weighted by Gasteiger charge is 2.34. The van der Waals surface area contributed by atoms with Gasteiger partial charge in [-0.2, -0.15) is 13.2 Å². The summed E-state index contributed by atoms with van der Waals surface area (Å²) in [5.74, 6) is -0.0577. The van der Waals surface area contributed by atoms with Gasteiger partial charge in [-0.3, -0.25) is 0 Å². The molecule has 1 aromatic heterocycles. The quantitative estimate of drug-likeness (QED) is 0.897. The SMILES string of the molecule is CN(CC1(O)CCCC1)c1cc(C(F)(F)F)cc(N)n1. The Morgan fingerprint density at radius 1 is 1.35 bits per heavy atom. The highest BCUT2D eigenvalue weighted by atomic mass is 19.4. The predicted molar refractivity (Wildman–Crippen MR) is 70.3 cm³/mol. The van der Waals surface area contributed by atoms with Crippen molar-refractivity contribution in [2.45, 2.75) is 37.5 Å². The summed E-state index contributed by atoms with van der Waals surface area (Å²) in [7, 11) is 1.61. The van der Waals surface area contributed by atoms with Crippen LogP contribution in [0.5, 0.6) is 0 Å². The van der Waals surface area contributed by atoms with Gasteiger partial charge in [-0.1, -0.05) is 12.8 Å². The van der Waals surface area contributed by atoms with E-state index in [0.29, 0.717) is 12.8 Å². The molecule has 1 aromatic rings. The van der Waals surface area contributed by atoms with E-state index in [4.69, 9.17) is 5.73 Å². The molecule has 1 fully saturated rings. The van der Waals surface area contributed by atoms with E-state index in [1.54, 1.807) is 7.05 Å². The maximum atomic E-state index is 12.7. The number of rotatable bonds is 3. The predicted octanol–water partition coefficient (Wildman–Crippen LogP) is 2.42. The average molecular weight is 289 g/mol. The molecular weight excluding hydrogens is 271 g/mol.